The molecule has 0 bridgehead atoms. The molecule has 5 nitrogen and oxygen atoms in total. The van der Waals surface area contributed by atoms with Crippen LogP contribution in [0.3, 0.4) is 0 Å². The van der Waals surface area contributed by atoms with Crippen LogP contribution in [-0.4, -0.2) is 23.8 Å². The maximum atomic E-state index is 9.98. The molecule has 5 heteroatoms. The van der Waals surface area contributed by atoms with Crippen molar-refractivity contribution >= 4 is 12.1 Å². The van der Waals surface area contributed by atoms with Crippen molar-refractivity contribution in [1.29, 1.82) is 0 Å². The van der Waals surface area contributed by atoms with Gasteiger partial charge in [-0.2, -0.15) is 0 Å². The first-order valence-electron chi connectivity index (χ1n) is 2.37. The Balaban J connectivity index is 3.60. The zero-order chi connectivity index (χ0) is 8.15. The van der Waals surface area contributed by atoms with Crippen LogP contribution in [0.1, 0.15) is 0 Å². The van der Waals surface area contributed by atoms with Crippen molar-refractivity contribution < 1.29 is 19.4 Å². The van der Waals surface area contributed by atoms with Gasteiger partial charge < -0.3 is 15.6 Å². The zero-order valence-corrected chi connectivity index (χ0v) is 5.16. The highest BCUT2D eigenvalue weighted by atomic mass is 16.5. The van der Waals surface area contributed by atoms with Gasteiger partial charge in [0.25, 0.3) is 0 Å². The van der Waals surface area contributed by atoms with Crippen molar-refractivity contribution in [2.45, 2.75) is 0 Å². The van der Waals surface area contributed by atoms with Gasteiger partial charge in [0.05, 0.1) is 5.57 Å². The van der Waals surface area contributed by atoms with Crippen molar-refractivity contribution in [3.63, 3.8) is 0 Å². The Bertz CT molecular complexity index is 174. The van der Waals surface area contributed by atoms with E-state index in [0.717, 1.165) is 0 Å². The molecule has 0 spiro atoms. The summed E-state index contributed by atoms with van der Waals surface area (Å²) in [5, 5.41) is 8.16. The molecule has 10 heavy (non-hydrogen) atoms. The first kappa shape index (κ1) is 8.48. The fourth-order valence-electron chi connectivity index (χ4n) is 0.220. The zero-order valence-electron chi connectivity index (χ0n) is 5.16. The predicted molar refractivity (Wildman–Crippen MR) is 32.3 cm³/mol. The van der Waals surface area contributed by atoms with Crippen LogP contribution < -0.4 is 5.73 Å². The summed E-state index contributed by atoms with van der Waals surface area (Å²) < 4.78 is 4.12. The number of primary amides is 1. The first-order valence-corrected chi connectivity index (χ1v) is 2.37. The Kier molecular flexibility index (Phi) is 2.96. The van der Waals surface area contributed by atoms with E-state index in [2.05, 4.69) is 17.0 Å². The van der Waals surface area contributed by atoms with Gasteiger partial charge in [0.2, 0.25) is 0 Å². The minimum Gasteiger partial charge on any atom is -0.478 e. The van der Waals surface area contributed by atoms with E-state index in [1.54, 1.807) is 0 Å². The molecule has 1 amide bonds. The van der Waals surface area contributed by atoms with E-state index in [1.807, 2.05) is 0 Å². The van der Waals surface area contributed by atoms with Crippen LogP contribution >= 0.6 is 0 Å². The van der Waals surface area contributed by atoms with Gasteiger partial charge >= 0.3 is 12.1 Å². The first-order chi connectivity index (χ1) is 4.54. The van der Waals surface area contributed by atoms with Gasteiger partial charge in [0.15, 0.2) is 0 Å². The van der Waals surface area contributed by atoms with Crippen LogP contribution in [0.25, 0.3) is 0 Å². The summed E-state index contributed by atoms with van der Waals surface area (Å²) in [6.07, 6.45) is -1.01. The Hall–Kier alpha value is -1.52. The summed E-state index contributed by atoms with van der Waals surface area (Å²) in [6.45, 7) is 2.72. The van der Waals surface area contributed by atoms with Crippen LogP contribution in [0, 0.1) is 0 Å². The Labute approximate surface area is 57.1 Å². The number of rotatable bonds is 3. The fourth-order valence-corrected chi connectivity index (χ4v) is 0.220. The lowest BCUT2D eigenvalue weighted by atomic mass is 10.3. The molecule has 3 N–H and O–H groups in total. The minimum absolute atomic E-state index is 0.209. The summed E-state index contributed by atoms with van der Waals surface area (Å²) in [5.74, 6) is -1.21. The largest absolute Gasteiger partial charge is 0.478 e. The van der Waals surface area contributed by atoms with E-state index in [-0.39, 0.29) is 12.2 Å². The lowest BCUT2D eigenvalue weighted by molar-refractivity contribution is -0.133. The van der Waals surface area contributed by atoms with Gasteiger partial charge in [0.1, 0.15) is 6.61 Å². The van der Waals surface area contributed by atoms with Crippen molar-refractivity contribution in [3.8, 4) is 0 Å². The molecule has 0 aromatic carbocycles. The Morgan fingerprint density at radius 1 is 1.60 bits per heavy atom. The van der Waals surface area contributed by atoms with Gasteiger partial charge in [-0.15, -0.1) is 0 Å². The average Bonchev–Trinajstić information content (AvgIpc) is 1.82. The molecule has 0 aliphatic rings. The van der Waals surface area contributed by atoms with Crippen LogP contribution in [0.2, 0.25) is 0 Å². The van der Waals surface area contributed by atoms with Crippen LogP contribution in [-0.2, 0) is 9.53 Å². The van der Waals surface area contributed by atoms with Gasteiger partial charge in [-0.3, -0.25) is 0 Å². The molecule has 0 saturated carbocycles. The number of hydrogen-bond acceptors (Lipinski definition) is 3. The van der Waals surface area contributed by atoms with Gasteiger partial charge in [-0.1, -0.05) is 6.58 Å². The van der Waals surface area contributed by atoms with Crippen molar-refractivity contribution in [1.82, 2.24) is 0 Å². The molecular formula is C5H7NO4. The standard InChI is InChI=1S/C5H7NO4/c1-3(4(7)8)2-10-5(6)9/h1-2H2,(H2,6,9)(H,7,8). The van der Waals surface area contributed by atoms with Crippen LogP contribution in [0.15, 0.2) is 12.2 Å². The van der Waals surface area contributed by atoms with E-state index < -0.39 is 12.1 Å². The van der Waals surface area contributed by atoms with E-state index in [0.29, 0.717) is 0 Å². The number of ether oxygens (including phenoxy) is 1. The number of carbonyl (C=O) groups is 2. The number of aliphatic carboxylic acids is 1. The monoisotopic (exact) mass is 145 g/mol. The molecule has 0 radical (unpaired) electrons. The molecule has 0 atom stereocenters. The second-order valence-electron chi connectivity index (χ2n) is 1.52. The van der Waals surface area contributed by atoms with E-state index in [1.165, 1.54) is 0 Å². The maximum Gasteiger partial charge on any atom is 0.404 e. The third kappa shape index (κ3) is 3.48. The second-order valence-corrected chi connectivity index (χ2v) is 1.52. The van der Waals surface area contributed by atoms with E-state index in [4.69, 9.17) is 5.11 Å². The number of carbonyl (C=O) groups excluding carboxylic acids is 1. The normalized spacial score (nSPS) is 8.40. The number of carboxylic acid groups (broad SMARTS) is 1. The second kappa shape index (κ2) is 3.49. The molecule has 0 fully saturated rings. The summed E-state index contributed by atoms with van der Waals surface area (Å²) >= 11 is 0. The summed E-state index contributed by atoms with van der Waals surface area (Å²) in [6, 6.07) is 0. The third-order valence-electron chi connectivity index (χ3n) is 0.691. The van der Waals surface area contributed by atoms with Gasteiger partial charge in [-0.25, -0.2) is 9.59 Å². The summed E-state index contributed by atoms with van der Waals surface area (Å²) in [7, 11) is 0. The number of nitrogens with two attached hydrogens (primary N) is 1. The highest BCUT2D eigenvalue weighted by Gasteiger charge is 2.04. The van der Waals surface area contributed by atoms with Crippen molar-refractivity contribution in [3.05, 3.63) is 12.2 Å². The van der Waals surface area contributed by atoms with Gasteiger partial charge in [-0.05, 0) is 0 Å². The number of carboxylic acids is 1. The highest BCUT2D eigenvalue weighted by Crippen LogP contribution is 1.89. The molecule has 0 saturated heterocycles. The van der Waals surface area contributed by atoms with Crippen molar-refractivity contribution in [2.75, 3.05) is 6.61 Å². The number of amides is 1. The molecule has 0 unspecified atom stereocenters. The highest BCUT2D eigenvalue weighted by molar-refractivity contribution is 5.86. The molecular weight excluding hydrogens is 138 g/mol. The van der Waals surface area contributed by atoms with Crippen molar-refractivity contribution in [2.24, 2.45) is 5.73 Å². The van der Waals surface area contributed by atoms with Crippen LogP contribution in [0.5, 0.6) is 0 Å². The lowest BCUT2D eigenvalue weighted by Gasteiger charge is -1.98. The molecule has 0 heterocycles. The number of hydrogen-bond donors (Lipinski definition) is 2. The lowest BCUT2D eigenvalue weighted by Crippen LogP contribution is -2.16. The smallest absolute Gasteiger partial charge is 0.404 e. The average molecular weight is 145 g/mol. The molecule has 0 aliphatic heterocycles. The molecule has 0 aliphatic carbocycles. The molecule has 0 aromatic heterocycles. The Morgan fingerprint density at radius 3 is 2.40 bits per heavy atom. The Morgan fingerprint density at radius 2 is 2.10 bits per heavy atom. The SMILES string of the molecule is C=C(COC(N)=O)C(=O)O. The maximum absolute atomic E-state index is 9.98. The van der Waals surface area contributed by atoms with E-state index in [9.17, 15) is 9.59 Å². The minimum atomic E-state index is -1.21. The third-order valence-corrected chi connectivity index (χ3v) is 0.691. The predicted octanol–water partition coefficient (Wildman–Crippen LogP) is -0.277. The van der Waals surface area contributed by atoms with Crippen LogP contribution in [0.4, 0.5) is 4.79 Å². The fraction of sp³-hybridized carbons (Fsp3) is 0.200. The quantitative estimate of drug-likeness (QED) is 0.534. The summed E-state index contributed by atoms with van der Waals surface area (Å²) in [4.78, 5) is 19.9. The topological polar surface area (TPSA) is 89.6 Å². The molecule has 56 valence electrons. The molecule has 0 rings (SSSR count). The van der Waals surface area contributed by atoms with Gasteiger partial charge in [0, 0.05) is 0 Å². The summed E-state index contributed by atoms with van der Waals surface area (Å²) in [5.41, 5.74) is 4.34. The van der Waals surface area contributed by atoms with E-state index >= 15 is 0 Å². The molecule has 0 aromatic rings.